The monoisotopic (exact) mass is 494 g/mol. The van der Waals surface area contributed by atoms with Crippen LogP contribution in [-0.4, -0.2) is 30.1 Å². The fraction of sp³-hybridized carbons (Fsp3) is 0.0690. The van der Waals surface area contributed by atoms with E-state index in [1.807, 2.05) is 42.5 Å². The highest BCUT2D eigenvalue weighted by atomic mass is 16.5. The van der Waals surface area contributed by atoms with Gasteiger partial charge in [-0.2, -0.15) is 0 Å². The fourth-order valence-corrected chi connectivity index (χ4v) is 4.13. The van der Waals surface area contributed by atoms with Crippen molar-refractivity contribution in [3.8, 4) is 17.2 Å². The SMILES string of the molecule is COc1cc(/C=C2\C(=O)NC(=O)N(c3ccc(O)cc3)C2=O)ccc1OCc1cccc2ccccc12. The second kappa shape index (κ2) is 9.87. The minimum atomic E-state index is -0.868. The first-order valence-electron chi connectivity index (χ1n) is 11.4. The lowest BCUT2D eigenvalue weighted by Gasteiger charge is -2.26. The van der Waals surface area contributed by atoms with Crippen LogP contribution in [0.25, 0.3) is 16.8 Å². The molecule has 0 radical (unpaired) electrons. The van der Waals surface area contributed by atoms with E-state index in [9.17, 15) is 19.5 Å². The van der Waals surface area contributed by atoms with Crippen LogP contribution in [0.4, 0.5) is 10.5 Å². The molecule has 5 rings (SSSR count). The van der Waals surface area contributed by atoms with Crippen LogP contribution in [0.3, 0.4) is 0 Å². The summed E-state index contributed by atoms with van der Waals surface area (Å²) in [6.07, 6.45) is 1.38. The van der Waals surface area contributed by atoms with Crippen molar-refractivity contribution in [1.29, 1.82) is 0 Å². The molecule has 0 atom stereocenters. The maximum absolute atomic E-state index is 13.1. The third kappa shape index (κ3) is 4.72. The molecule has 0 aliphatic carbocycles. The first kappa shape index (κ1) is 23.6. The second-order valence-corrected chi connectivity index (χ2v) is 8.31. The van der Waals surface area contributed by atoms with E-state index in [1.54, 1.807) is 18.2 Å². The number of carbonyl (C=O) groups is 3. The summed E-state index contributed by atoms with van der Waals surface area (Å²) in [4.78, 5) is 38.8. The van der Waals surface area contributed by atoms with Crippen LogP contribution in [0.1, 0.15) is 11.1 Å². The molecule has 1 aliphatic rings. The number of aromatic hydroxyl groups is 1. The quantitative estimate of drug-likeness (QED) is 0.295. The Morgan fingerprint density at radius 1 is 0.892 bits per heavy atom. The van der Waals surface area contributed by atoms with Gasteiger partial charge in [0.15, 0.2) is 11.5 Å². The number of fused-ring (bicyclic) bond motifs is 1. The largest absolute Gasteiger partial charge is 0.508 e. The summed E-state index contributed by atoms with van der Waals surface area (Å²) in [5.74, 6) is -0.687. The highest BCUT2D eigenvalue weighted by molar-refractivity contribution is 6.39. The predicted molar refractivity (Wildman–Crippen MR) is 138 cm³/mol. The van der Waals surface area contributed by atoms with Crippen molar-refractivity contribution in [2.75, 3.05) is 12.0 Å². The molecule has 0 saturated carbocycles. The number of methoxy groups -OCH3 is 1. The van der Waals surface area contributed by atoms with Crippen LogP contribution in [0, 0.1) is 0 Å². The van der Waals surface area contributed by atoms with Gasteiger partial charge in [-0.1, -0.05) is 48.5 Å². The molecule has 1 heterocycles. The van der Waals surface area contributed by atoms with Gasteiger partial charge in [-0.25, -0.2) is 9.69 Å². The second-order valence-electron chi connectivity index (χ2n) is 8.31. The number of barbiturate groups is 1. The molecule has 8 nitrogen and oxygen atoms in total. The van der Waals surface area contributed by atoms with Crippen LogP contribution in [-0.2, 0) is 16.2 Å². The number of nitrogens with one attached hydrogen (secondary N) is 1. The van der Waals surface area contributed by atoms with Crippen molar-refractivity contribution >= 4 is 40.4 Å². The summed E-state index contributed by atoms with van der Waals surface area (Å²) < 4.78 is 11.5. The Morgan fingerprint density at radius 3 is 2.43 bits per heavy atom. The summed E-state index contributed by atoms with van der Waals surface area (Å²) >= 11 is 0. The molecule has 4 aromatic rings. The third-order valence-electron chi connectivity index (χ3n) is 5.97. The number of benzene rings is 4. The molecule has 0 unspecified atom stereocenters. The van der Waals surface area contributed by atoms with Crippen molar-refractivity contribution < 1.29 is 29.0 Å². The number of anilines is 1. The zero-order valence-electron chi connectivity index (χ0n) is 19.8. The number of rotatable bonds is 6. The third-order valence-corrected chi connectivity index (χ3v) is 5.97. The number of carbonyl (C=O) groups excluding carboxylic acids is 3. The maximum atomic E-state index is 13.1. The predicted octanol–water partition coefficient (Wildman–Crippen LogP) is 4.80. The van der Waals surface area contributed by atoms with Gasteiger partial charge in [0.2, 0.25) is 0 Å². The molecule has 8 heteroatoms. The molecule has 1 saturated heterocycles. The number of nitrogens with zero attached hydrogens (tertiary/aromatic N) is 1. The Kier molecular flexibility index (Phi) is 6.30. The number of amides is 4. The average molecular weight is 495 g/mol. The Balaban J connectivity index is 1.40. The summed E-state index contributed by atoms with van der Waals surface area (Å²) in [6, 6.07) is 23.7. The standard InChI is InChI=1S/C29H22N2O6/c1-36-26-16-18(9-14-25(26)37-17-20-7-4-6-19-5-2-3-8-23(19)20)15-24-27(33)30-29(35)31(28(24)34)21-10-12-22(32)13-11-21/h2-16,32H,17H2,1H3,(H,30,33,35)/b24-15+. The molecule has 0 aromatic heterocycles. The molecular formula is C29H22N2O6. The Hall–Kier alpha value is -5.11. The summed E-state index contributed by atoms with van der Waals surface area (Å²) in [5, 5.41) is 13.9. The van der Waals surface area contributed by atoms with Crippen molar-refractivity contribution in [3.63, 3.8) is 0 Å². The highest BCUT2D eigenvalue weighted by Crippen LogP contribution is 2.31. The maximum Gasteiger partial charge on any atom is 0.335 e. The van der Waals surface area contributed by atoms with Gasteiger partial charge >= 0.3 is 6.03 Å². The Bertz CT molecular complexity index is 1550. The molecule has 1 aliphatic heterocycles. The lowest BCUT2D eigenvalue weighted by atomic mass is 10.1. The number of phenolic OH excluding ortho intramolecular Hbond substituents is 1. The molecule has 2 N–H and O–H groups in total. The minimum absolute atomic E-state index is 0.0182. The van der Waals surface area contributed by atoms with Gasteiger partial charge in [0, 0.05) is 0 Å². The van der Waals surface area contributed by atoms with Gasteiger partial charge in [-0.15, -0.1) is 0 Å². The van der Waals surface area contributed by atoms with Gasteiger partial charge in [-0.05, 0) is 64.4 Å². The van der Waals surface area contributed by atoms with Crippen molar-refractivity contribution in [3.05, 3.63) is 102 Å². The normalized spacial score (nSPS) is 14.7. The van der Waals surface area contributed by atoms with Crippen LogP contribution in [0.2, 0.25) is 0 Å². The van der Waals surface area contributed by atoms with E-state index in [0.717, 1.165) is 21.2 Å². The fourth-order valence-electron chi connectivity index (χ4n) is 4.13. The van der Waals surface area contributed by atoms with E-state index in [0.29, 0.717) is 23.7 Å². The molecular weight excluding hydrogens is 472 g/mol. The number of urea groups is 1. The number of ether oxygens (including phenoxy) is 2. The van der Waals surface area contributed by atoms with Crippen molar-refractivity contribution in [2.45, 2.75) is 6.61 Å². The van der Waals surface area contributed by atoms with Gasteiger partial charge in [0.25, 0.3) is 11.8 Å². The number of hydrogen-bond acceptors (Lipinski definition) is 6. The highest BCUT2D eigenvalue weighted by Gasteiger charge is 2.36. The summed E-state index contributed by atoms with van der Waals surface area (Å²) in [5.41, 5.74) is 1.52. The van der Waals surface area contributed by atoms with E-state index < -0.39 is 17.8 Å². The van der Waals surface area contributed by atoms with E-state index in [2.05, 4.69) is 5.32 Å². The van der Waals surface area contributed by atoms with Crippen LogP contribution in [0.5, 0.6) is 17.2 Å². The molecule has 37 heavy (non-hydrogen) atoms. The summed E-state index contributed by atoms with van der Waals surface area (Å²) in [7, 11) is 1.50. The molecule has 0 spiro atoms. The van der Waals surface area contributed by atoms with Crippen LogP contribution in [0.15, 0.2) is 90.5 Å². The number of imide groups is 2. The van der Waals surface area contributed by atoms with Crippen LogP contribution < -0.4 is 19.7 Å². The minimum Gasteiger partial charge on any atom is -0.508 e. The van der Waals surface area contributed by atoms with Gasteiger partial charge in [0.05, 0.1) is 12.8 Å². The van der Waals surface area contributed by atoms with Crippen LogP contribution >= 0.6 is 0 Å². The average Bonchev–Trinajstić information content (AvgIpc) is 2.91. The molecule has 184 valence electrons. The number of hydrogen-bond donors (Lipinski definition) is 2. The smallest absolute Gasteiger partial charge is 0.335 e. The van der Waals surface area contributed by atoms with E-state index in [4.69, 9.17) is 9.47 Å². The first-order chi connectivity index (χ1) is 17.9. The van der Waals surface area contributed by atoms with Crippen molar-refractivity contribution in [2.24, 2.45) is 0 Å². The first-order valence-corrected chi connectivity index (χ1v) is 11.4. The topological polar surface area (TPSA) is 105 Å². The van der Waals surface area contributed by atoms with E-state index in [1.165, 1.54) is 37.5 Å². The molecule has 4 aromatic carbocycles. The van der Waals surface area contributed by atoms with E-state index in [-0.39, 0.29) is 17.0 Å². The summed E-state index contributed by atoms with van der Waals surface area (Å²) in [6.45, 7) is 0.322. The molecule has 1 fully saturated rings. The van der Waals surface area contributed by atoms with E-state index >= 15 is 0 Å². The van der Waals surface area contributed by atoms with Gasteiger partial charge in [-0.3, -0.25) is 14.9 Å². The zero-order chi connectivity index (χ0) is 25.9. The lowest BCUT2D eigenvalue weighted by Crippen LogP contribution is -2.54. The lowest BCUT2D eigenvalue weighted by molar-refractivity contribution is -0.122. The Morgan fingerprint density at radius 2 is 1.65 bits per heavy atom. The molecule has 4 amide bonds. The number of phenols is 1. The Labute approximate surface area is 212 Å². The van der Waals surface area contributed by atoms with Crippen molar-refractivity contribution in [1.82, 2.24) is 5.32 Å². The van der Waals surface area contributed by atoms with Gasteiger partial charge in [0.1, 0.15) is 17.9 Å². The molecule has 0 bridgehead atoms. The van der Waals surface area contributed by atoms with Gasteiger partial charge < -0.3 is 14.6 Å². The zero-order valence-corrected chi connectivity index (χ0v) is 19.8.